The summed E-state index contributed by atoms with van der Waals surface area (Å²) in [6.45, 7) is 3.87. The summed E-state index contributed by atoms with van der Waals surface area (Å²) in [5, 5.41) is 0. The van der Waals surface area contributed by atoms with Crippen LogP contribution in [0.25, 0.3) is 10.2 Å². The molecule has 0 fully saturated rings. The van der Waals surface area contributed by atoms with Gasteiger partial charge in [-0.15, -0.1) is 0 Å². The van der Waals surface area contributed by atoms with E-state index in [1.807, 2.05) is 38.1 Å². The summed E-state index contributed by atoms with van der Waals surface area (Å²) in [5.41, 5.74) is 1.29. The monoisotopic (exact) mass is 384 g/mol. The molecule has 1 heterocycles. The van der Waals surface area contributed by atoms with Crippen molar-refractivity contribution in [3.05, 3.63) is 58.9 Å². The third kappa shape index (κ3) is 4.43. The number of carbonyl (C=O) groups excluding carboxylic acids is 2. The summed E-state index contributed by atoms with van der Waals surface area (Å²) in [5.74, 6) is -0.0805. The van der Waals surface area contributed by atoms with E-state index < -0.39 is 5.97 Å². The molecule has 0 spiro atoms. The highest BCUT2D eigenvalue weighted by molar-refractivity contribution is 7.16. The second-order valence-corrected chi connectivity index (χ2v) is 7.13. The van der Waals surface area contributed by atoms with Crippen molar-refractivity contribution in [3.8, 4) is 5.75 Å². The number of aromatic nitrogens is 1. The number of hydrogen-bond acceptors (Lipinski definition) is 5. The van der Waals surface area contributed by atoms with Crippen molar-refractivity contribution in [2.24, 2.45) is 4.99 Å². The summed E-state index contributed by atoms with van der Waals surface area (Å²) in [4.78, 5) is 29.1. The van der Waals surface area contributed by atoms with E-state index in [2.05, 4.69) is 4.99 Å². The number of thiazole rings is 1. The summed E-state index contributed by atoms with van der Waals surface area (Å²) >= 11 is 1.35. The molecule has 0 saturated carbocycles. The van der Waals surface area contributed by atoms with Crippen LogP contribution < -0.4 is 9.54 Å². The fraction of sp³-hybridized carbons (Fsp3) is 0.250. The van der Waals surface area contributed by atoms with Gasteiger partial charge in [-0.3, -0.25) is 9.59 Å². The lowest BCUT2D eigenvalue weighted by molar-refractivity contribution is -0.141. The average molecular weight is 384 g/mol. The summed E-state index contributed by atoms with van der Waals surface area (Å²) < 4.78 is 13.0. The lowest BCUT2D eigenvalue weighted by Crippen LogP contribution is -2.22. The maximum atomic E-state index is 12.6. The van der Waals surface area contributed by atoms with E-state index in [1.165, 1.54) is 18.4 Å². The summed E-state index contributed by atoms with van der Waals surface area (Å²) in [7, 11) is 1.33. The van der Waals surface area contributed by atoms with Crippen LogP contribution in [0, 0.1) is 0 Å². The van der Waals surface area contributed by atoms with E-state index in [9.17, 15) is 9.59 Å². The summed E-state index contributed by atoms with van der Waals surface area (Å²) in [6, 6.07) is 14.4. The molecule has 0 aliphatic rings. The number of esters is 1. The molecule has 0 radical (unpaired) electrons. The van der Waals surface area contributed by atoms with Crippen molar-refractivity contribution < 1.29 is 19.1 Å². The number of methoxy groups -OCH3 is 1. The molecule has 0 aliphatic heterocycles. The molecule has 0 bridgehead atoms. The maximum absolute atomic E-state index is 12.6. The quantitative estimate of drug-likeness (QED) is 0.632. The second kappa shape index (κ2) is 8.18. The number of ether oxygens (including phenoxy) is 2. The number of benzene rings is 2. The van der Waals surface area contributed by atoms with Crippen LogP contribution in [0.2, 0.25) is 0 Å². The summed E-state index contributed by atoms with van der Waals surface area (Å²) in [6.07, 6.45) is 0.0621. The van der Waals surface area contributed by atoms with Crippen LogP contribution in [0.5, 0.6) is 5.75 Å². The van der Waals surface area contributed by atoms with Crippen LogP contribution in [0.15, 0.2) is 53.5 Å². The Morgan fingerprint density at radius 2 is 1.81 bits per heavy atom. The normalized spacial score (nSPS) is 11.8. The number of fused-ring (bicyclic) bond motifs is 1. The first-order valence-electron chi connectivity index (χ1n) is 8.49. The Labute approximate surface area is 160 Å². The molecule has 0 atom stereocenters. The Hall–Kier alpha value is -2.93. The molecule has 27 heavy (non-hydrogen) atoms. The first-order chi connectivity index (χ1) is 13.0. The van der Waals surface area contributed by atoms with Gasteiger partial charge in [-0.05, 0) is 50.2 Å². The third-order valence-electron chi connectivity index (χ3n) is 3.77. The lowest BCUT2D eigenvalue weighted by Gasteiger charge is -2.09. The van der Waals surface area contributed by atoms with Crippen LogP contribution >= 0.6 is 11.3 Å². The Bertz CT molecular complexity index is 1030. The number of carbonyl (C=O) groups is 2. The number of nitrogens with zero attached hydrogens (tertiary/aromatic N) is 2. The highest BCUT2D eigenvalue weighted by Crippen LogP contribution is 2.18. The van der Waals surface area contributed by atoms with Gasteiger partial charge in [0, 0.05) is 5.56 Å². The predicted molar refractivity (Wildman–Crippen MR) is 104 cm³/mol. The molecule has 3 aromatic rings. The molecule has 0 saturated heterocycles. The van der Waals surface area contributed by atoms with E-state index in [4.69, 9.17) is 9.47 Å². The van der Waals surface area contributed by atoms with E-state index >= 15 is 0 Å². The molecule has 7 heteroatoms. The Kier molecular flexibility index (Phi) is 5.71. The van der Waals surface area contributed by atoms with Crippen LogP contribution in [-0.2, 0) is 16.1 Å². The molecule has 1 aromatic heterocycles. The van der Waals surface area contributed by atoms with E-state index in [0.717, 1.165) is 10.2 Å². The van der Waals surface area contributed by atoms with Gasteiger partial charge in [0.25, 0.3) is 5.91 Å². The van der Waals surface area contributed by atoms with Gasteiger partial charge in [-0.25, -0.2) is 0 Å². The first-order valence-corrected chi connectivity index (χ1v) is 9.30. The smallest absolute Gasteiger partial charge is 0.325 e. The standard InChI is InChI=1S/C20H20N2O4S/c1-13(2)26-15-10-8-14(9-11-15)19(24)21-20-22(12-18(23)25-3)16-6-4-5-7-17(16)27-20/h4-11,13H,12H2,1-3H3. The van der Waals surface area contributed by atoms with Crippen LogP contribution in [0.1, 0.15) is 24.2 Å². The van der Waals surface area contributed by atoms with Gasteiger partial charge >= 0.3 is 5.97 Å². The molecule has 140 valence electrons. The SMILES string of the molecule is COC(=O)Cn1c(=NC(=O)c2ccc(OC(C)C)cc2)sc2ccccc21. The van der Waals surface area contributed by atoms with Crippen LogP contribution in [0.4, 0.5) is 0 Å². The number of para-hydroxylation sites is 1. The van der Waals surface area contributed by atoms with Gasteiger partial charge < -0.3 is 14.0 Å². The zero-order chi connectivity index (χ0) is 19.4. The van der Waals surface area contributed by atoms with E-state index in [-0.39, 0.29) is 18.6 Å². The topological polar surface area (TPSA) is 69.9 Å². The van der Waals surface area contributed by atoms with Crippen molar-refractivity contribution in [1.29, 1.82) is 0 Å². The molecule has 6 nitrogen and oxygen atoms in total. The van der Waals surface area contributed by atoms with Gasteiger partial charge in [0.1, 0.15) is 12.3 Å². The van der Waals surface area contributed by atoms with E-state index in [1.54, 1.807) is 28.8 Å². The Morgan fingerprint density at radius 3 is 2.48 bits per heavy atom. The minimum Gasteiger partial charge on any atom is -0.491 e. The fourth-order valence-electron chi connectivity index (χ4n) is 2.55. The molecular formula is C20H20N2O4S. The Morgan fingerprint density at radius 1 is 1.11 bits per heavy atom. The van der Waals surface area contributed by atoms with Gasteiger partial charge in [0.2, 0.25) is 0 Å². The zero-order valence-corrected chi connectivity index (χ0v) is 16.2. The minimum absolute atomic E-state index is 0.00616. The van der Waals surface area contributed by atoms with Gasteiger partial charge in [0.15, 0.2) is 4.80 Å². The van der Waals surface area contributed by atoms with Crippen LogP contribution in [0.3, 0.4) is 0 Å². The molecule has 0 aliphatic carbocycles. The molecule has 3 rings (SSSR count). The Balaban J connectivity index is 1.98. The van der Waals surface area contributed by atoms with Crippen molar-refractivity contribution in [2.75, 3.05) is 7.11 Å². The number of amides is 1. The average Bonchev–Trinajstić information content (AvgIpc) is 2.99. The van der Waals surface area contributed by atoms with E-state index in [0.29, 0.717) is 16.1 Å². The van der Waals surface area contributed by atoms with Gasteiger partial charge in [0.05, 0.1) is 23.4 Å². The molecular weight excluding hydrogens is 364 g/mol. The van der Waals surface area contributed by atoms with Gasteiger partial charge in [-0.1, -0.05) is 23.5 Å². The third-order valence-corrected chi connectivity index (χ3v) is 4.83. The minimum atomic E-state index is -0.400. The second-order valence-electron chi connectivity index (χ2n) is 6.12. The highest BCUT2D eigenvalue weighted by Gasteiger charge is 2.12. The number of hydrogen-bond donors (Lipinski definition) is 0. The maximum Gasteiger partial charge on any atom is 0.325 e. The largest absolute Gasteiger partial charge is 0.491 e. The zero-order valence-electron chi connectivity index (χ0n) is 15.3. The molecule has 0 unspecified atom stereocenters. The van der Waals surface area contributed by atoms with Crippen molar-refractivity contribution in [2.45, 2.75) is 26.5 Å². The fourth-order valence-corrected chi connectivity index (χ4v) is 3.58. The lowest BCUT2D eigenvalue weighted by atomic mass is 10.2. The van der Waals surface area contributed by atoms with Crippen molar-refractivity contribution in [1.82, 2.24) is 4.57 Å². The highest BCUT2D eigenvalue weighted by atomic mass is 32.1. The molecule has 0 N–H and O–H groups in total. The first kappa shape index (κ1) is 18.8. The van der Waals surface area contributed by atoms with Crippen LogP contribution in [-0.4, -0.2) is 29.7 Å². The number of rotatable bonds is 5. The molecule has 2 aromatic carbocycles. The predicted octanol–water partition coefficient (Wildman–Crippen LogP) is 3.40. The van der Waals surface area contributed by atoms with Crippen molar-refractivity contribution >= 4 is 33.4 Å². The van der Waals surface area contributed by atoms with Gasteiger partial charge in [-0.2, -0.15) is 4.99 Å². The van der Waals surface area contributed by atoms with Crippen molar-refractivity contribution in [3.63, 3.8) is 0 Å². The molecule has 1 amide bonds.